The molecule has 0 aliphatic heterocycles. The summed E-state index contributed by atoms with van der Waals surface area (Å²) in [5, 5.41) is 0. The van der Waals surface area contributed by atoms with Crippen molar-refractivity contribution < 1.29 is 13.3 Å². The van der Waals surface area contributed by atoms with Gasteiger partial charge in [0.05, 0.1) is 0 Å². The highest BCUT2D eigenvalue weighted by Crippen LogP contribution is 2.19. The molecular formula is C19H44N2O3Si. The Labute approximate surface area is 158 Å². The Balaban J connectivity index is 4.46. The molecular weight excluding hydrogens is 332 g/mol. The van der Waals surface area contributed by atoms with Gasteiger partial charge in [0.15, 0.2) is 0 Å². The second kappa shape index (κ2) is 15.1. The molecule has 0 fully saturated rings. The standard InChI is InChI=1S/C19H44N2O3Si/c1-8-20(9-2)17-19(7)18-21(10-3)15-14-16-25(22-11-4,23-12-5)24-13-6/h19H,8-18H2,1-7H3. The van der Waals surface area contributed by atoms with E-state index in [9.17, 15) is 0 Å². The lowest BCUT2D eigenvalue weighted by Gasteiger charge is -2.31. The van der Waals surface area contributed by atoms with Crippen molar-refractivity contribution in [2.75, 3.05) is 59.1 Å². The first-order chi connectivity index (χ1) is 12.0. The Kier molecular flexibility index (Phi) is 15.1. The number of nitrogens with zero attached hydrogens (tertiary/aromatic N) is 2. The summed E-state index contributed by atoms with van der Waals surface area (Å²) in [6, 6.07) is 0.906. The van der Waals surface area contributed by atoms with Crippen molar-refractivity contribution in [1.82, 2.24) is 9.80 Å². The molecule has 0 amide bonds. The minimum absolute atomic E-state index is 0.657. The van der Waals surface area contributed by atoms with Crippen LogP contribution in [0.15, 0.2) is 0 Å². The van der Waals surface area contributed by atoms with Crippen molar-refractivity contribution in [3.63, 3.8) is 0 Å². The average molecular weight is 377 g/mol. The molecule has 25 heavy (non-hydrogen) atoms. The van der Waals surface area contributed by atoms with Crippen LogP contribution >= 0.6 is 0 Å². The first-order valence-corrected chi connectivity index (χ1v) is 12.3. The van der Waals surface area contributed by atoms with Crippen LogP contribution in [0.5, 0.6) is 0 Å². The van der Waals surface area contributed by atoms with Gasteiger partial charge in [0, 0.05) is 39.0 Å². The molecule has 0 spiro atoms. The van der Waals surface area contributed by atoms with Gasteiger partial charge in [-0.05, 0) is 59.3 Å². The van der Waals surface area contributed by atoms with E-state index >= 15 is 0 Å². The van der Waals surface area contributed by atoms with Crippen LogP contribution in [0.4, 0.5) is 0 Å². The molecule has 5 nitrogen and oxygen atoms in total. The molecule has 0 aliphatic carbocycles. The van der Waals surface area contributed by atoms with Crippen LogP contribution in [0.1, 0.15) is 54.9 Å². The van der Waals surface area contributed by atoms with Gasteiger partial charge in [-0.1, -0.05) is 27.7 Å². The monoisotopic (exact) mass is 376 g/mol. The van der Waals surface area contributed by atoms with Gasteiger partial charge in [0.25, 0.3) is 0 Å². The Bertz CT molecular complexity index is 287. The van der Waals surface area contributed by atoms with Crippen LogP contribution in [0.3, 0.4) is 0 Å². The highest BCUT2D eigenvalue weighted by atomic mass is 28.4. The molecule has 1 unspecified atom stereocenters. The molecule has 1 atom stereocenters. The van der Waals surface area contributed by atoms with E-state index in [1.54, 1.807) is 0 Å². The van der Waals surface area contributed by atoms with E-state index in [2.05, 4.69) is 37.5 Å². The molecule has 0 aromatic carbocycles. The third kappa shape index (κ3) is 10.7. The third-order valence-electron chi connectivity index (χ3n) is 4.53. The highest BCUT2D eigenvalue weighted by Gasteiger charge is 2.39. The Morgan fingerprint density at radius 1 is 0.720 bits per heavy atom. The Hall–Kier alpha value is 0.0169. The lowest BCUT2D eigenvalue weighted by atomic mass is 10.1. The minimum atomic E-state index is -2.49. The van der Waals surface area contributed by atoms with Crippen LogP contribution in [0.2, 0.25) is 6.04 Å². The maximum atomic E-state index is 5.96. The van der Waals surface area contributed by atoms with E-state index < -0.39 is 8.80 Å². The summed E-state index contributed by atoms with van der Waals surface area (Å²) >= 11 is 0. The van der Waals surface area contributed by atoms with Gasteiger partial charge in [0.1, 0.15) is 0 Å². The molecule has 6 heteroatoms. The summed E-state index contributed by atoms with van der Waals surface area (Å²) in [4.78, 5) is 5.06. The lowest BCUT2D eigenvalue weighted by Crippen LogP contribution is -2.46. The summed E-state index contributed by atoms with van der Waals surface area (Å²) in [6.07, 6.45) is 1.07. The van der Waals surface area contributed by atoms with Crippen molar-refractivity contribution in [1.29, 1.82) is 0 Å². The molecule has 0 aromatic heterocycles. The first kappa shape index (κ1) is 25.0. The van der Waals surface area contributed by atoms with E-state index in [1.165, 1.54) is 6.54 Å². The van der Waals surface area contributed by atoms with Crippen molar-refractivity contribution in [2.24, 2.45) is 5.92 Å². The number of hydrogen-bond acceptors (Lipinski definition) is 5. The van der Waals surface area contributed by atoms with Gasteiger partial charge in [-0.3, -0.25) is 0 Å². The number of rotatable bonds is 17. The van der Waals surface area contributed by atoms with E-state index in [0.717, 1.165) is 45.2 Å². The summed E-state index contributed by atoms with van der Waals surface area (Å²) in [5.41, 5.74) is 0. The van der Waals surface area contributed by atoms with Gasteiger partial charge in [-0.15, -0.1) is 0 Å². The van der Waals surface area contributed by atoms with Gasteiger partial charge in [-0.2, -0.15) is 0 Å². The van der Waals surface area contributed by atoms with Gasteiger partial charge >= 0.3 is 8.80 Å². The highest BCUT2D eigenvalue weighted by molar-refractivity contribution is 6.60. The smallest absolute Gasteiger partial charge is 0.374 e. The molecule has 0 rings (SSSR count). The lowest BCUT2D eigenvalue weighted by molar-refractivity contribution is 0.0697. The molecule has 0 bridgehead atoms. The van der Waals surface area contributed by atoms with E-state index in [4.69, 9.17) is 13.3 Å². The molecule has 152 valence electrons. The molecule has 0 saturated carbocycles. The predicted molar refractivity (Wildman–Crippen MR) is 109 cm³/mol. The van der Waals surface area contributed by atoms with Crippen LogP contribution in [-0.2, 0) is 13.3 Å². The van der Waals surface area contributed by atoms with E-state index in [0.29, 0.717) is 25.7 Å². The average Bonchev–Trinajstić information content (AvgIpc) is 2.59. The molecule has 0 aliphatic rings. The summed E-state index contributed by atoms with van der Waals surface area (Å²) in [5.74, 6) is 0.688. The largest absolute Gasteiger partial charge is 0.500 e. The SMILES string of the molecule is CCO[Si](CCCN(CC)CC(C)CN(CC)CC)(OCC)OCC. The maximum Gasteiger partial charge on any atom is 0.500 e. The van der Waals surface area contributed by atoms with Crippen molar-refractivity contribution in [3.8, 4) is 0 Å². The minimum Gasteiger partial charge on any atom is -0.374 e. The van der Waals surface area contributed by atoms with Crippen molar-refractivity contribution in [2.45, 2.75) is 60.9 Å². The molecule has 0 heterocycles. The summed E-state index contributed by atoms with van der Waals surface area (Å²) < 4.78 is 17.9. The van der Waals surface area contributed by atoms with Crippen LogP contribution in [-0.4, -0.2) is 77.7 Å². The van der Waals surface area contributed by atoms with Crippen LogP contribution in [0.25, 0.3) is 0 Å². The second-order valence-electron chi connectivity index (χ2n) is 6.57. The third-order valence-corrected chi connectivity index (χ3v) is 7.68. The van der Waals surface area contributed by atoms with E-state index in [-0.39, 0.29) is 0 Å². The molecule has 0 N–H and O–H groups in total. The fourth-order valence-electron chi connectivity index (χ4n) is 3.32. The second-order valence-corrected chi connectivity index (χ2v) is 9.30. The van der Waals surface area contributed by atoms with E-state index in [1.807, 2.05) is 20.8 Å². The summed E-state index contributed by atoms with van der Waals surface area (Å²) in [6.45, 7) is 23.9. The van der Waals surface area contributed by atoms with Crippen LogP contribution < -0.4 is 0 Å². The summed E-state index contributed by atoms with van der Waals surface area (Å²) in [7, 11) is -2.49. The first-order valence-electron chi connectivity index (χ1n) is 10.4. The quantitative estimate of drug-likeness (QED) is 0.361. The number of hydrogen-bond donors (Lipinski definition) is 0. The van der Waals surface area contributed by atoms with Gasteiger partial charge < -0.3 is 23.1 Å². The maximum absolute atomic E-state index is 5.96. The fourth-order valence-corrected chi connectivity index (χ4v) is 5.91. The Morgan fingerprint density at radius 2 is 1.16 bits per heavy atom. The zero-order valence-electron chi connectivity index (χ0n) is 18.0. The van der Waals surface area contributed by atoms with Crippen LogP contribution in [0, 0.1) is 5.92 Å². The Morgan fingerprint density at radius 3 is 1.56 bits per heavy atom. The molecule has 0 aromatic rings. The molecule has 0 saturated heterocycles. The van der Waals surface area contributed by atoms with Gasteiger partial charge in [-0.25, -0.2) is 0 Å². The zero-order valence-corrected chi connectivity index (χ0v) is 19.0. The molecule has 0 radical (unpaired) electrons. The zero-order chi connectivity index (χ0) is 19.1. The predicted octanol–water partition coefficient (Wildman–Crippen LogP) is 3.72. The van der Waals surface area contributed by atoms with Crippen molar-refractivity contribution >= 4 is 8.80 Å². The normalized spacial score (nSPS) is 13.8. The fraction of sp³-hybridized carbons (Fsp3) is 1.00. The van der Waals surface area contributed by atoms with Crippen molar-refractivity contribution in [3.05, 3.63) is 0 Å². The topological polar surface area (TPSA) is 34.2 Å². The van der Waals surface area contributed by atoms with Gasteiger partial charge in [0.2, 0.25) is 0 Å².